The van der Waals surface area contributed by atoms with Crippen molar-refractivity contribution in [1.82, 2.24) is 10.3 Å². The highest BCUT2D eigenvalue weighted by Crippen LogP contribution is 2.25. The zero-order valence-corrected chi connectivity index (χ0v) is 12.3. The lowest BCUT2D eigenvalue weighted by atomic mass is 10.1. The molecule has 3 rings (SSSR count). The quantitative estimate of drug-likeness (QED) is 0.780. The summed E-state index contributed by atoms with van der Waals surface area (Å²) in [5.74, 6) is -0.312. The maximum Gasteiger partial charge on any atom is 0.255 e. The van der Waals surface area contributed by atoms with Gasteiger partial charge in [0.15, 0.2) is 0 Å². The van der Waals surface area contributed by atoms with Gasteiger partial charge in [-0.25, -0.2) is 4.98 Å². The third kappa shape index (κ3) is 2.87. The van der Waals surface area contributed by atoms with Crippen LogP contribution >= 0.6 is 11.3 Å². The number of nitrogens with zero attached hydrogens (tertiary/aromatic N) is 1. The van der Waals surface area contributed by atoms with Crippen LogP contribution in [-0.2, 0) is 6.54 Å². The van der Waals surface area contributed by atoms with Crippen LogP contribution in [-0.4, -0.2) is 16.0 Å². The Morgan fingerprint density at radius 3 is 2.67 bits per heavy atom. The predicted molar refractivity (Wildman–Crippen MR) is 83.6 cm³/mol. The van der Waals surface area contributed by atoms with Gasteiger partial charge in [0.25, 0.3) is 5.91 Å². The summed E-state index contributed by atoms with van der Waals surface area (Å²) in [6.07, 6.45) is 0. The smallest absolute Gasteiger partial charge is 0.255 e. The van der Waals surface area contributed by atoms with E-state index in [1.807, 2.05) is 36.6 Å². The lowest BCUT2D eigenvalue weighted by molar-refractivity contribution is 0.0948. The number of carbonyl (C=O) groups excluding carboxylic acids is 1. The molecule has 3 aromatic rings. The van der Waals surface area contributed by atoms with Gasteiger partial charge in [-0.1, -0.05) is 24.3 Å². The second-order valence-corrected chi connectivity index (χ2v) is 5.72. The van der Waals surface area contributed by atoms with Crippen LogP contribution in [0.3, 0.4) is 0 Å². The van der Waals surface area contributed by atoms with E-state index in [-0.39, 0.29) is 17.2 Å². The summed E-state index contributed by atoms with van der Waals surface area (Å²) in [5.41, 5.74) is 1.22. The number of thiazole rings is 1. The van der Waals surface area contributed by atoms with E-state index in [1.54, 1.807) is 12.1 Å². The molecule has 0 saturated carbocycles. The highest BCUT2D eigenvalue weighted by molar-refractivity contribution is 7.09. The molecular weight excluding hydrogens is 284 g/mol. The first-order valence-electron chi connectivity index (χ1n) is 6.54. The van der Waals surface area contributed by atoms with Crippen molar-refractivity contribution in [3.63, 3.8) is 0 Å². The Bertz CT molecular complexity index is 811. The van der Waals surface area contributed by atoms with E-state index in [0.717, 1.165) is 21.5 Å². The molecule has 106 valence electrons. The van der Waals surface area contributed by atoms with Crippen LogP contribution in [0.4, 0.5) is 0 Å². The molecule has 1 heterocycles. The number of rotatable bonds is 3. The summed E-state index contributed by atoms with van der Waals surface area (Å²) in [6.45, 7) is 2.28. The molecule has 0 aliphatic rings. The number of phenols is 1. The molecule has 4 nitrogen and oxygen atoms in total. The number of fused-ring (bicyclic) bond motifs is 1. The lowest BCUT2D eigenvalue weighted by Gasteiger charge is -2.07. The average Bonchev–Trinajstić information content (AvgIpc) is 2.89. The monoisotopic (exact) mass is 298 g/mol. The van der Waals surface area contributed by atoms with Crippen molar-refractivity contribution < 1.29 is 9.90 Å². The maximum atomic E-state index is 12.2. The van der Waals surface area contributed by atoms with Crippen LogP contribution in [0, 0.1) is 6.92 Å². The minimum absolute atomic E-state index is 0.0125. The van der Waals surface area contributed by atoms with Gasteiger partial charge in [-0.2, -0.15) is 0 Å². The first-order chi connectivity index (χ1) is 10.1. The number of aryl methyl sites for hydroxylation is 1. The minimum Gasteiger partial charge on any atom is -0.507 e. The van der Waals surface area contributed by atoms with E-state index in [1.165, 1.54) is 11.3 Å². The first-order valence-corrected chi connectivity index (χ1v) is 7.42. The Labute approximate surface area is 126 Å². The fraction of sp³-hybridized carbons (Fsp3) is 0.125. The first kappa shape index (κ1) is 13.6. The molecule has 5 heteroatoms. The molecule has 0 spiro atoms. The van der Waals surface area contributed by atoms with Crippen LogP contribution in [0.15, 0.2) is 41.8 Å². The summed E-state index contributed by atoms with van der Waals surface area (Å²) in [7, 11) is 0. The van der Waals surface area contributed by atoms with Crippen LogP contribution in [0.1, 0.15) is 21.1 Å². The molecule has 2 aromatic carbocycles. The second kappa shape index (κ2) is 5.54. The Balaban J connectivity index is 1.82. The summed E-state index contributed by atoms with van der Waals surface area (Å²) in [5, 5.41) is 17.4. The Morgan fingerprint density at radius 2 is 2.00 bits per heavy atom. The average molecular weight is 298 g/mol. The summed E-state index contributed by atoms with van der Waals surface area (Å²) in [6, 6.07) is 10.9. The molecule has 0 atom stereocenters. The van der Waals surface area contributed by atoms with Gasteiger partial charge in [0.05, 0.1) is 12.1 Å². The zero-order valence-electron chi connectivity index (χ0n) is 11.5. The number of aromatic hydroxyl groups is 1. The van der Waals surface area contributed by atoms with Gasteiger partial charge in [-0.05, 0) is 29.8 Å². The van der Waals surface area contributed by atoms with Crippen molar-refractivity contribution in [3.8, 4) is 5.75 Å². The molecule has 0 aliphatic carbocycles. The Kier molecular flexibility index (Phi) is 3.58. The third-order valence-electron chi connectivity index (χ3n) is 3.18. The van der Waals surface area contributed by atoms with Gasteiger partial charge >= 0.3 is 0 Å². The van der Waals surface area contributed by atoms with Crippen LogP contribution in [0.25, 0.3) is 10.8 Å². The molecule has 0 radical (unpaired) electrons. The van der Waals surface area contributed by atoms with Gasteiger partial charge in [-0.15, -0.1) is 11.3 Å². The number of amides is 1. The Morgan fingerprint density at radius 1 is 1.29 bits per heavy atom. The second-order valence-electron chi connectivity index (χ2n) is 4.78. The van der Waals surface area contributed by atoms with E-state index < -0.39 is 0 Å². The van der Waals surface area contributed by atoms with Crippen molar-refractivity contribution in [2.24, 2.45) is 0 Å². The molecule has 21 heavy (non-hydrogen) atoms. The molecule has 1 amide bonds. The molecule has 1 aromatic heterocycles. The molecule has 0 bridgehead atoms. The summed E-state index contributed by atoms with van der Waals surface area (Å²) >= 11 is 1.51. The molecule has 0 fully saturated rings. The lowest BCUT2D eigenvalue weighted by Crippen LogP contribution is -2.22. The van der Waals surface area contributed by atoms with E-state index >= 15 is 0 Å². The fourth-order valence-corrected chi connectivity index (χ4v) is 2.86. The number of carbonyl (C=O) groups is 1. The third-order valence-corrected chi connectivity index (χ3v) is 4.14. The number of phenolic OH excluding ortho intramolecular Hbond substituents is 1. The number of benzene rings is 2. The van der Waals surface area contributed by atoms with Gasteiger partial charge in [0, 0.05) is 11.1 Å². The highest BCUT2D eigenvalue weighted by atomic mass is 32.1. The minimum atomic E-state index is -0.300. The van der Waals surface area contributed by atoms with Crippen molar-refractivity contribution in [3.05, 3.63) is 58.0 Å². The topological polar surface area (TPSA) is 62.2 Å². The van der Waals surface area contributed by atoms with Crippen molar-refractivity contribution >= 4 is 28.0 Å². The van der Waals surface area contributed by atoms with Crippen LogP contribution in [0.2, 0.25) is 0 Å². The molecular formula is C16H14N2O2S. The Hall–Kier alpha value is -2.40. The number of hydrogen-bond acceptors (Lipinski definition) is 4. The summed E-state index contributed by atoms with van der Waals surface area (Å²) < 4.78 is 0. The number of aromatic nitrogens is 1. The predicted octanol–water partition coefficient (Wildman–Crippen LogP) is 3.24. The number of nitrogens with one attached hydrogen (secondary N) is 1. The zero-order chi connectivity index (χ0) is 14.8. The van der Waals surface area contributed by atoms with Gasteiger partial charge < -0.3 is 10.4 Å². The fourth-order valence-electron chi connectivity index (χ4n) is 2.15. The van der Waals surface area contributed by atoms with Crippen molar-refractivity contribution in [1.29, 1.82) is 0 Å². The van der Waals surface area contributed by atoms with E-state index in [2.05, 4.69) is 10.3 Å². The van der Waals surface area contributed by atoms with Crippen LogP contribution in [0.5, 0.6) is 5.75 Å². The van der Waals surface area contributed by atoms with Gasteiger partial charge in [-0.3, -0.25) is 4.79 Å². The van der Waals surface area contributed by atoms with Crippen molar-refractivity contribution in [2.45, 2.75) is 13.5 Å². The molecule has 0 saturated heterocycles. The number of hydrogen-bond donors (Lipinski definition) is 2. The highest BCUT2D eigenvalue weighted by Gasteiger charge is 2.12. The van der Waals surface area contributed by atoms with Crippen molar-refractivity contribution in [2.75, 3.05) is 0 Å². The SMILES string of the molecule is Cc1csc(CNC(=O)c2cc3ccccc3cc2O)n1. The van der Waals surface area contributed by atoms with E-state index in [0.29, 0.717) is 6.54 Å². The molecule has 0 unspecified atom stereocenters. The van der Waals surface area contributed by atoms with Gasteiger partial charge in [0.2, 0.25) is 0 Å². The normalized spacial score (nSPS) is 10.7. The molecule has 0 aliphatic heterocycles. The largest absolute Gasteiger partial charge is 0.507 e. The van der Waals surface area contributed by atoms with Gasteiger partial charge in [0.1, 0.15) is 10.8 Å². The van der Waals surface area contributed by atoms with E-state index in [4.69, 9.17) is 0 Å². The molecule has 2 N–H and O–H groups in total. The standard InChI is InChI=1S/C16H14N2O2S/c1-10-9-21-15(18-10)8-17-16(20)13-6-11-4-2-3-5-12(11)7-14(13)19/h2-7,9,19H,8H2,1H3,(H,17,20). The van der Waals surface area contributed by atoms with Crippen LogP contribution < -0.4 is 5.32 Å². The maximum absolute atomic E-state index is 12.2. The van der Waals surface area contributed by atoms with E-state index in [9.17, 15) is 9.90 Å². The summed E-state index contributed by atoms with van der Waals surface area (Å²) in [4.78, 5) is 16.5.